The van der Waals surface area contributed by atoms with Crippen LogP contribution in [0.25, 0.3) is 21.7 Å². The molecule has 1 N–H and O–H groups in total. The molecule has 0 aliphatic heterocycles. The van der Waals surface area contributed by atoms with Gasteiger partial charge in [0.1, 0.15) is 16.3 Å². The first kappa shape index (κ1) is 22.4. The summed E-state index contributed by atoms with van der Waals surface area (Å²) >= 11 is 1.70. The van der Waals surface area contributed by atoms with Crippen molar-refractivity contribution in [1.82, 2.24) is 9.55 Å². The lowest BCUT2D eigenvalue weighted by Crippen LogP contribution is -2.17. The van der Waals surface area contributed by atoms with E-state index in [1.807, 2.05) is 41.8 Å². The summed E-state index contributed by atoms with van der Waals surface area (Å²) in [7, 11) is 0. The van der Waals surface area contributed by atoms with Crippen LogP contribution < -0.4 is 5.32 Å². The van der Waals surface area contributed by atoms with E-state index < -0.39 is 5.97 Å². The number of anilines is 1. The molecule has 176 valence electrons. The highest BCUT2D eigenvalue weighted by atomic mass is 32.1. The molecule has 34 heavy (non-hydrogen) atoms. The summed E-state index contributed by atoms with van der Waals surface area (Å²) in [6, 6.07) is 9.74. The van der Waals surface area contributed by atoms with Crippen molar-refractivity contribution in [2.24, 2.45) is 0 Å². The highest BCUT2D eigenvalue weighted by molar-refractivity contribution is 7.19. The van der Waals surface area contributed by atoms with E-state index in [0.717, 1.165) is 47.2 Å². The number of aromatic nitrogens is 2. The minimum absolute atomic E-state index is 0.218. The first-order chi connectivity index (χ1) is 16.5. The lowest BCUT2D eigenvalue weighted by atomic mass is 9.96. The van der Waals surface area contributed by atoms with E-state index in [2.05, 4.69) is 5.32 Å². The maximum atomic E-state index is 13.2. The van der Waals surface area contributed by atoms with Gasteiger partial charge in [0.15, 0.2) is 5.69 Å². The van der Waals surface area contributed by atoms with E-state index in [-0.39, 0.29) is 12.5 Å². The minimum atomic E-state index is -0.455. The van der Waals surface area contributed by atoms with Crippen molar-refractivity contribution in [3.63, 3.8) is 0 Å². The molecule has 5 rings (SSSR count). The SMILES string of the molecule is CCOC(=O)c1c(NC(C)=O)c2c3c(sc2n1Cc1nc(-c2ccccc2)oc1C)CCCC3. The van der Waals surface area contributed by atoms with Gasteiger partial charge in [0, 0.05) is 22.8 Å². The van der Waals surface area contributed by atoms with Crippen molar-refractivity contribution in [3.05, 3.63) is 57.9 Å². The zero-order chi connectivity index (χ0) is 23.8. The van der Waals surface area contributed by atoms with Crippen LogP contribution in [0.2, 0.25) is 0 Å². The van der Waals surface area contributed by atoms with Crippen LogP contribution in [-0.2, 0) is 28.9 Å². The molecule has 7 nitrogen and oxygen atoms in total. The Morgan fingerprint density at radius 2 is 1.97 bits per heavy atom. The Balaban J connectivity index is 1.69. The lowest BCUT2D eigenvalue weighted by Gasteiger charge is -2.13. The summed E-state index contributed by atoms with van der Waals surface area (Å²) in [5.41, 5.74) is 3.77. The normalized spacial score (nSPS) is 13.1. The number of ether oxygens (including phenoxy) is 1. The Bertz CT molecular complexity index is 1380. The highest BCUT2D eigenvalue weighted by Crippen LogP contribution is 2.44. The van der Waals surface area contributed by atoms with Gasteiger partial charge in [-0.25, -0.2) is 9.78 Å². The van der Waals surface area contributed by atoms with Gasteiger partial charge >= 0.3 is 5.97 Å². The summed E-state index contributed by atoms with van der Waals surface area (Å²) in [6.45, 7) is 5.71. The smallest absolute Gasteiger partial charge is 0.357 e. The number of amides is 1. The lowest BCUT2D eigenvalue weighted by molar-refractivity contribution is -0.114. The standard InChI is InChI=1S/C26H27N3O4S/c1-4-32-26(31)23-22(27-16(3)30)21-18-12-8-9-13-20(18)34-25(21)29(23)14-19-15(2)33-24(28-19)17-10-6-5-7-11-17/h5-7,10-11H,4,8-9,12-14H2,1-3H3,(H,27,30). The average Bonchev–Trinajstić information content (AvgIpc) is 3.46. The molecule has 0 saturated heterocycles. The van der Waals surface area contributed by atoms with Crippen LogP contribution in [0.4, 0.5) is 5.69 Å². The predicted molar refractivity (Wildman–Crippen MR) is 132 cm³/mol. The number of thiophene rings is 1. The topological polar surface area (TPSA) is 86.4 Å². The largest absolute Gasteiger partial charge is 0.461 e. The second-order valence-corrected chi connectivity index (χ2v) is 9.57. The first-order valence-electron chi connectivity index (χ1n) is 11.6. The van der Waals surface area contributed by atoms with E-state index >= 15 is 0 Å². The maximum Gasteiger partial charge on any atom is 0.357 e. The van der Waals surface area contributed by atoms with Gasteiger partial charge in [-0.15, -0.1) is 11.3 Å². The van der Waals surface area contributed by atoms with Crippen LogP contribution in [0.15, 0.2) is 34.7 Å². The number of rotatable bonds is 6. The average molecular weight is 478 g/mol. The number of aryl methyl sites for hydroxylation is 3. The number of fused-ring (bicyclic) bond motifs is 3. The number of hydrogen-bond acceptors (Lipinski definition) is 6. The third-order valence-electron chi connectivity index (χ3n) is 6.15. The molecule has 3 aromatic heterocycles. The zero-order valence-corrected chi connectivity index (χ0v) is 20.4. The second-order valence-electron chi connectivity index (χ2n) is 8.49. The van der Waals surface area contributed by atoms with E-state index in [1.165, 1.54) is 17.4 Å². The highest BCUT2D eigenvalue weighted by Gasteiger charge is 2.31. The molecule has 0 fully saturated rings. The Kier molecular flexibility index (Phi) is 6.00. The van der Waals surface area contributed by atoms with Crippen LogP contribution in [0.5, 0.6) is 0 Å². The molecular weight excluding hydrogens is 450 g/mol. The molecular formula is C26H27N3O4S. The summed E-state index contributed by atoms with van der Waals surface area (Å²) in [5, 5.41) is 3.91. The van der Waals surface area contributed by atoms with E-state index in [4.69, 9.17) is 14.1 Å². The van der Waals surface area contributed by atoms with Gasteiger partial charge in [-0.3, -0.25) is 4.79 Å². The number of carbonyl (C=O) groups excluding carboxylic acids is 2. The molecule has 0 atom stereocenters. The summed E-state index contributed by atoms with van der Waals surface area (Å²) < 4.78 is 13.4. The Labute approximate surface area is 201 Å². The molecule has 0 spiro atoms. The van der Waals surface area contributed by atoms with Gasteiger partial charge < -0.3 is 19.0 Å². The quantitative estimate of drug-likeness (QED) is 0.359. The van der Waals surface area contributed by atoms with Crippen molar-refractivity contribution in [2.75, 3.05) is 11.9 Å². The number of oxazole rings is 1. The molecule has 1 amide bonds. The van der Waals surface area contributed by atoms with Gasteiger partial charge in [0.05, 0.1) is 18.8 Å². The Hall–Kier alpha value is -3.39. The minimum Gasteiger partial charge on any atom is -0.461 e. The number of benzene rings is 1. The number of nitrogens with zero attached hydrogens (tertiary/aromatic N) is 2. The molecule has 8 heteroatoms. The first-order valence-corrected chi connectivity index (χ1v) is 12.4. The Morgan fingerprint density at radius 3 is 2.71 bits per heavy atom. The van der Waals surface area contributed by atoms with Gasteiger partial charge in [-0.05, 0) is 57.2 Å². The van der Waals surface area contributed by atoms with Gasteiger partial charge in [0.2, 0.25) is 11.8 Å². The van der Waals surface area contributed by atoms with Crippen molar-refractivity contribution in [2.45, 2.75) is 53.0 Å². The fourth-order valence-corrected chi connectivity index (χ4v) is 6.04. The number of hydrogen-bond donors (Lipinski definition) is 1. The van der Waals surface area contributed by atoms with E-state index in [9.17, 15) is 9.59 Å². The van der Waals surface area contributed by atoms with Crippen LogP contribution >= 0.6 is 11.3 Å². The predicted octanol–water partition coefficient (Wildman–Crippen LogP) is 5.73. The van der Waals surface area contributed by atoms with Crippen LogP contribution in [0, 0.1) is 6.92 Å². The molecule has 1 aromatic carbocycles. The van der Waals surface area contributed by atoms with Gasteiger partial charge in [-0.2, -0.15) is 0 Å². The van der Waals surface area contributed by atoms with Crippen molar-refractivity contribution in [1.29, 1.82) is 0 Å². The molecule has 0 radical (unpaired) electrons. The third-order valence-corrected chi connectivity index (χ3v) is 7.46. The van der Waals surface area contributed by atoms with Crippen molar-refractivity contribution < 1.29 is 18.7 Å². The van der Waals surface area contributed by atoms with Crippen LogP contribution in [0.3, 0.4) is 0 Å². The van der Waals surface area contributed by atoms with Crippen LogP contribution in [0.1, 0.15) is 59.1 Å². The molecule has 0 bridgehead atoms. The molecule has 1 aliphatic rings. The van der Waals surface area contributed by atoms with Gasteiger partial charge in [0.25, 0.3) is 0 Å². The monoisotopic (exact) mass is 477 g/mol. The maximum absolute atomic E-state index is 13.2. The molecule has 1 aliphatic carbocycles. The second kappa shape index (κ2) is 9.10. The third kappa shape index (κ3) is 3.92. The van der Waals surface area contributed by atoms with Crippen LogP contribution in [-0.4, -0.2) is 28.0 Å². The van der Waals surface area contributed by atoms with E-state index in [0.29, 0.717) is 29.6 Å². The zero-order valence-electron chi connectivity index (χ0n) is 19.6. The molecule has 0 saturated carbocycles. The van der Waals surface area contributed by atoms with Crippen molar-refractivity contribution >= 4 is 39.1 Å². The van der Waals surface area contributed by atoms with Crippen molar-refractivity contribution in [3.8, 4) is 11.5 Å². The molecule has 3 heterocycles. The molecule has 0 unspecified atom stereocenters. The fourth-order valence-electron chi connectivity index (χ4n) is 4.64. The Morgan fingerprint density at radius 1 is 1.21 bits per heavy atom. The number of carbonyl (C=O) groups is 2. The number of nitrogens with one attached hydrogen (secondary N) is 1. The molecule has 4 aromatic rings. The number of esters is 1. The summed E-state index contributed by atoms with van der Waals surface area (Å²) in [6.07, 6.45) is 4.21. The summed E-state index contributed by atoms with van der Waals surface area (Å²) in [4.78, 5) is 32.4. The summed E-state index contributed by atoms with van der Waals surface area (Å²) in [5.74, 6) is 0.563. The van der Waals surface area contributed by atoms with Gasteiger partial charge in [-0.1, -0.05) is 18.2 Å². The van der Waals surface area contributed by atoms with E-state index in [1.54, 1.807) is 18.3 Å². The fraction of sp³-hybridized carbons (Fsp3) is 0.346.